The van der Waals surface area contributed by atoms with Gasteiger partial charge in [0, 0.05) is 18.2 Å². The molecule has 40 heavy (non-hydrogen) atoms. The Balaban J connectivity index is 1.35. The Morgan fingerprint density at radius 2 is 1.35 bits per heavy atom. The summed E-state index contributed by atoms with van der Waals surface area (Å²) >= 11 is 0. The van der Waals surface area contributed by atoms with Crippen LogP contribution in [0.15, 0.2) is 102 Å². The third kappa shape index (κ3) is 4.95. The first-order chi connectivity index (χ1) is 19.4. The molecule has 2 saturated heterocycles. The number of rotatable bonds is 8. The number of hydrogen-bond acceptors (Lipinski definition) is 7. The van der Waals surface area contributed by atoms with Crippen LogP contribution in [0.4, 0.5) is 5.95 Å². The Morgan fingerprint density at radius 3 is 1.85 bits per heavy atom. The topological polar surface area (TPSA) is 109 Å². The summed E-state index contributed by atoms with van der Waals surface area (Å²) in [7, 11) is 0. The molecule has 0 saturated carbocycles. The quantitative estimate of drug-likeness (QED) is 0.323. The standard InChI is InChI=1S/C32H33N3O5/c1-31(2)39-27-25(18-21-19-34-30(33)35-29(21)36)38-26(28(27)40-31)20-37-32(22-12-6-3-7-13-22,23-14-8-4-9-15-23)24-16-10-5-11-17-24/h3-17,19,25-28H,18,20H2,1-2H3,(H3,33,34,35,36)/t25-,26+,27-,28+/m0/s1. The number of nitrogen functional groups attached to an aromatic ring is 1. The number of nitrogens with two attached hydrogens (primary N) is 1. The van der Waals surface area contributed by atoms with Crippen molar-refractivity contribution in [1.29, 1.82) is 0 Å². The van der Waals surface area contributed by atoms with Gasteiger partial charge in [0.2, 0.25) is 0 Å². The molecule has 0 radical (unpaired) electrons. The summed E-state index contributed by atoms with van der Waals surface area (Å²) < 4.78 is 26.2. The molecule has 3 N–H and O–H groups in total. The minimum Gasteiger partial charge on any atom is -0.369 e. The maximum Gasteiger partial charge on any atom is 0.255 e. The minimum atomic E-state index is -0.895. The number of aromatic amines is 1. The molecular formula is C32H33N3O5. The van der Waals surface area contributed by atoms with Crippen molar-refractivity contribution in [3.8, 4) is 0 Å². The number of ether oxygens (including phenoxy) is 4. The van der Waals surface area contributed by atoms with Crippen LogP contribution in [0.1, 0.15) is 36.1 Å². The zero-order valence-corrected chi connectivity index (χ0v) is 22.5. The first-order valence-electron chi connectivity index (χ1n) is 13.5. The van der Waals surface area contributed by atoms with E-state index in [-0.39, 0.29) is 30.3 Å². The van der Waals surface area contributed by atoms with E-state index in [1.807, 2.05) is 68.4 Å². The Labute approximate surface area is 233 Å². The SMILES string of the molecule is CC1(C)O[C@@H]2[C@H](O1)[C@@H](COC(c1ccccc1)(c1ccccc1)c1ccccc1)O[C@H]2Cc1cnc(N)[nH]c1=O. The largest absolute Gasteiger partial charge is 0.369 e. The highest BCUT2D eigenvalue weighted by molar-refractivity contribution is 5.47. The molecule has 3 heterocycles. The van der Waals surface area contributed by atoms with Crippen LogP contribution >= 0.6 is 0 Å². The maximum absolute atomic E-state index is 12.5. The molecule has 206 valence electrons. The zero-order chi connectivity index (χ0) is 27.7. The first-order valence-corrected chi connectivity index (χ1v) is 13.5. The molecule has 6 rings (SSSR count). The van der Waals surface area contributed by atoms with Gasteiger partial charge in [-0.15, -0.1) is 0 Å². The Kier molecular flexibility index (Phi) is 7.02. The second kappa shape index (κ2) is 10.6. The van der Waals surface area contributed by atoms with Crippen molar-refractivity contribution < 1.29 is 18.9 Å². The molecular weight excluding hydrogens is 506 g/mol. The van der Waals surface area contributed by atoms with Gasteiger partial charge < -0.3 is 24.7 Å². The molecule has 2 fully saturated rings. The van der Waals surface area contributed by atoms with E-state index in [2.05, 4.69) is 46.4 Å². The summed E-state index contributed by atoms with van der Waals surface area (Å²) in [6.45, 7) is 4.01. The van der Waals surface area contributed by atoms with Crippen LogP contribution in [0.5, 0.6) is 0 Å². The second-order valence-corrected chi connectivity index (χ2v) is 10.7. The van der Waals surface area contributed by atoms with Gasteiger partial charge in [-0.25, -0.2) is 4.98 Å². The third-order valence-corrected chi connectivity index (χ3v) is 7.56. The first kappa shape index (κ1) is 26.4. The Hall–Kier alpha value is -3.82. The smallest absolute Gasteiger partial charge is 0.255 e. The molecule has 0 bridgehead atoms. The van der Waals surface area contributed by atoms with Crippen LogP contribution in [0.25, 0.3) is 0 Å². The molecule has 4 aromatic rings. The van der Waals surface area contributed by atoms with Gasteiger partial charge in [-0.1, -0.05) is 91.0 Å². The molecule has 0 unspecified atom stereocenters. The Morgan fingerprint density at radius 1 is 0.850 bits per heavy atom. The van der Waals surface area contributed by atoms with E-state index in [1.165, 1.54) is 6.20 Å². The minimum absolute atomic E-state index is 0.0749. The fraction of sp³-hybridized carbons (Fsp3) is 0.312. The van der Waals surface area contributed by atoms with Crippen molar-refractivity contribution in [1.82, 2.24) is 9.97 Å². The highest BCUT2D eigenvalue weighted by Gasteiger charge is 2.55. The summed E-state index contributed by atoms with van der Waals surface area (Å²) in [5, 5.41) is 0. The predicted octanol–water partition coefficient (Wildman–Crippen LogP) is 4.19. The number of benzene rings is 3. The number of nitrogens with zero attached hydrogens (tertiary/aromatic N) is 1. The number of fused-ring (bicyclic) bond motifs is 1. The van der Waals surface area contributed by atoms with Gasteiger partial charge in [0.05, 0.1) is 12.7 Å². The van der Waals surface area contributed by atoms with E-state index >= 15 is 0 Å². The normalized spacial score (nSPS) is 23.6. The second-order valence-electron chi connectivity index (χ2n) is 10.7. The molecule has 3 aromatic carbocycles. The number of nitrogens with one attached hydrogen (secondary N) is 1. The maximum atomic E-state index is 12.5. The van der Waals surface area contributed by atoms with Crippen LogP contribution < -0.4 is 11.3 Å². The molecule has 8 nitrogen and oxygen atoms in total. The summed E-state index contributed by atoms with van der Waals surface area (Å²) in [6, 6.07) is 30.6. The average Bonchev–Trinajstić information content (AvgIpc) is 3.45. The average molecular weight is 540 g/mol. The van der Waals surface area contributed by atoms with Gasteiger partial charge in [0.15, 0.2) is 11.7 Å². The van der Waals surface area contributed by atoms with Crippen molar-refractivity contribution in [2.75, 3.05) is 12.3 Å². The van der Waals surface area contributed by atoms with E-state index < -0.39 is 23.6 Å². The van der Waals surface area contributed by atoms with Gasteiger partial charge in [-0.3, -0.25) is 9.78 Å². The summed E-state index contributed by atoms with van der Waals surface area (Å²) in [5.41, 5.74) is 7.94. The highest BCUT2D eigenvalue weighted by atomic mass is 16.8. The fourth-order valence-corrected chi connectivity index (χ4v) is 5.84. The summed E-state index contributed by atoms with van der Waals surface area (Å²) in [6.07, 6.45) is 0.185. The lowest BCUT2D eigenvalue weighted by Crippen LogP contribution is -2.39. The summed E-state index contributed by atoms with van der Waals surface area (Å²) in [5.74, 6) is -0.720. The molecule has 2 aliphatic heterocycles. The van der Waals surface area contributed by atoms with Crippen LogP contribution in [0, 0.1) is 0 Å². The van der Waals surface area contributed by atoms with E-state index in [0.29, 0.717) is 12.0 Å². The monoisotopic (exact) mass is 539 g/mol. The Bertz CT molecular complexity index is 1400. The third-order valence-electron chi connectivity index (χ3n) is 7.56. The number of anilines is 1. The lowest BCUT2D eigenvalue weighted by Gasteiger charge is -2.37. The van der Waals surface area contributed by atoms with Crippen LogP contribution in [0.2, 0.25) is 0 Å². The van der Waals surface area contributed by atoms with E-state index in [0.717, 1.165) is 16.7 Å². The van der Waals surface area contributed by atoms with Gasteiger partial charge in [0.25, 0.3) is 5.56 Å². The van der Waals surface area contributed by atoms with Crippen LogP contribution in [-0.4, -0.2) is 46.8 Å². The van der Waals surface area contributed by atoms with E-state index in [9.17, 15) is 4.79 Å². The summed E-state index contributed by atoms with van der Waals surface area (Å²) in [4.78, 5) is 19.1. The molecule has 0 aliphatic carbocycles. The zero-order valence-electron chi connectivity index (χ0n) is 22.5. The van der Waals surface area contributed by atoms with Crippen molar-refractivity contribution in [3.63, 3.8) is 0 Å². The van der Waals surface area contributed by atoms with Crippen LogP contribution in [-0.2, 0) is 31.0 Å². The van der Waals surface area contributed by atoms with Crippen molar-refractivity contribution >= 4 is 5.95 Å². The van der Waals surface area contributed by atoms with Crippen LogP contribution in [0.3, 0.4) is 0 Å². The molecule has 2 aliphatic rings. The van der Waals surface area contributed by atoms with Crippen molar-refractivity contribution in [2.24, 2.45) is 0 Å². The van der Waals surface area contributed by atoms with Crippen molar-refractivity contribution in [2.45, 2.75) is 56.1 Å². The lowest BCUT2D eigenvalue weighted by atomic mass is 9.80. The fourth-order valence-electron chi connectivity index (χ4n) is 5.84. The molecule has 0 spiro atoms. The van der Waals surface area contributed by atoms with E-state index in [1.54, 1.807) is 0 Å². The predicted molar refractivity (Wildman–Crippen MR) is 151 cm³/mol. The molecule has 1 aromatic heterocycles. The molecule has 0 amide bonds. The van der Waals surface area contributed by atoms with Gasteiger partial charge in [0.1, 0.15) is 23.9 Å². The highest BCUT2D eigenvalue weighted by Crippen LogP contribution is 2.43. The number of hydrogen-bond donors (Lipinski definition) is 2. The molecule has 4 atom stereocenters. The van der Waals surface area contributed by atoms with Gasteiger partial charge in [-0.2, -0.15) is 0 Å². The molecule has 8 heteroatoms. The lowest BCUT2D eigenvalue weighted by molar-refractivity contribution is -0.195. The van der Waals surface area contributed by atoms with Gasteiger partial charge >= 0.3 is 0 Å². The van der Waals surface area contributed by atoms with Crippen molar-refractivity contribution in [3.05, 3.63) is 130 Å². The van der Waals surface area contributed by atoms with Gasteiger partial charge in [-0.05, 0) is 30.5 Å². The number of H-pyrrole nitrogens is 1. The number of aromatic nitrogens is 2. The van der Waals surface area contributed by atoms with E-state index in [4.69, 9.17) is 24.7 Å².